The molecular formula is C8H14O2. The third-order valence-corrected chi connectivity index (χ3v) is 1.42. The Hall–Kier alpha value is -0.790. The van der Waals surface area contributed by atoms with E-state index in [0.29, 0.717) is 12.4 Å². The van der Waals surface area contributed by atoms with Crippen molar-refractivity contribution in [1.29, 1.82) is 0 Å². The van der Waals surface area contributed by atoms with Crippen LogP contribution in [0.2, 0.25) is 0 Å². The predicted octanol–water partition coefficient (Wildman–Crippen LogP) is 1.76. The Bertz CT molecular complexity index is 138. The first-order chi connectivity index (χ1) is 4.59. The first kappa shape index (κ1) is 9.21. The average Bonchev–Trinajstić information content (AvgIpc) is 1.87. The minimum atomic E-state index is -0.167. The highest BCUT2D eigenvalue weighted by molar-refractivity contribution is 5.80. The average molecular weight is 142 g/mol. The van der Waals surface area contributed by atoms with E-state index in [2.05, 4.69) is 6.58 Å². The molecule has 0 fully saturated rings. The normalized spacial score (nSPS) is 12.3. The number of allylic oxidation sites excluding steroid dienone is 1. The summed E-state index contributed by atoms with van der Waals surface area (Å²) in [6.45, 7) is 9.40. The van der Waals surface area contributed by atoms with E-state index in [1.807, 2.05) is 6.92 Å². The molecule has 10 heavy (non-hydrogen) atoms. The van der Waals surface area contributed by atoms with Crippen LogP contribution < -0.4 is 0 Å². The van der Waals surface area contributed by atoms with Crippen molar-refractivity contribution in [3.05, 3.63) is 12.3 Å². The van der Waals surface area contributed by atoms with Crippen LogP contribution in [0.15, 0.2) is 12.3 Å². The van der Waals surface area contributed by atoms with E-state index < -0.39 is 0 Å². The second-order valence-electron chi connectivity index (χ2n) is 2.23. The Morgan fingerprint density at radius 2 is 2.20 bits per heavy atom. The van der Waals surface area contributed by atoms with Crippen LogP contribution in [0.4, 0.5) is 0 Å². The largest absolute Gasteiger partial charge is 0.498 e. The molecule has 0 aromatic heterocycles. The Labute approximate surface area is 61.9 Å². The van der Waals surface area contributed by atoms with Crippen molar-refractivity contribution in [3.8, 4) is 0 Å². The van der Waals surface area contributed by atoms with E-state index in [0.717, 1.165) is 0 Å². The van der Waals surface area contributed by atoms with Crippen LogP contribution in [0.25, 0.3) is 0 Å². The van der Waals surface area contributed by atoms with E-state index in [1.54, 1.807) is 6.92 Å². The second kappa shape index (κ2) is 4.09. The molecule has 0 aliphatic rings. The molecule has 0 bridgehead atoms. The smallest absolute Gasteiger partial charge is 0.140 e. The number of rotatable bonds is 4. The molecule has 0 aromatic rings. The molecule has 58 valence electrons. The third kappa shape index (κ3) is 2.67. The lowest BCUT2D eigenvalue weighted by Crippen LogP contribution is -2.10. The number of ether oxygens (including phenoxy) is 1. The molecule has 0 rings (SSSR count). The molecule has 0 saturated heterocycles. The molecule has 2 nitrogen and oxygen atoms in total. The van der Waals surface area contributed by atoms with Crippen LogP contribution in [0.3, 0.4) is 0 Å². The molecule has 0 aliphatic heterocycles. The minimum Gasteiger partial charge on any atom is -0.498 e. The van der Waals surface area contributed by atoms with Crippen molar-refractivity contribution < 1.29 is 9.53 Å². The second-order valence-corrected chi connectivity index (χ2v) is 2.23. The Morgan fingerprint density at radius 3 is 2.50 bits per heavy atom. The highest BCUT2D eigenvalue weighted by Crippen LogP contribution is 2.09. The summed E-state index contributed by atoms with van der Waals surface area (Å²) in [6, 6.07) is 0. The van der Waals surface area contributed by atoms with Crippen LogP contribution in [-0.2, 0) is 9.53 Å². The summed E-state index contributed by atoms with van der Waals surface area (Å²) in [5.41, 5.74) is 0. The van der Waals surface area contributed by atoms with Gasteiger partial charge in [-0.25, -0.2) is 0 Å². The molecule has 0 spiro atoms. The monoisotopic (exact) mass is 142 g/mol. The highest BCUT2D eigenvalue weighted by Gasteiger charge is 2.11. The molecule has 0 N–H and O–H groups in total. The van der Waals surface area contributed by atoms with Crippen molar-refractivity contribution in [2.45, 2.75) is 20.8 Å². The van der Waals surface area contributed by atoms with E-state index in [-0.39, 0.29) is 11.7 Å². The van der Waals surface area contributed by atoms with Crippen LogP contribution in [-0.4, -0.2) is 12.4 Å². The molecular weight excluding hydrogens is 128 g/mol. The summed E-state index contributed by atoms with van der Waals surface area (Å²) in [5.74, 6) is 0.494. The number of carbonyl (C=O) groups excluding carboxylic acids is 1. The molecule has 0 radical (unpaired) electrons. The maximum Gasteiger partial charge on any atom is 0.140 e. The van der Waals surface area contributed by atoms with E-state index in [1.165, 1.54) is 6.92 Å². The molecule has 0 heterocycles. The van der Waals surface area contributed by atoms with Crippen LogP contribution in [0, 0.1) is 5.92 Å². The summed E-state index contributed by atoms with van der Waals surface area (Å²) in [6.07, 6.45) is 0. The van der Waals surface area contributed by atoms with Crippen molar-refractivity contribution >= 4 is 5.78 Å². The minimum absolute atomic E-state index is 0.0958. The zero-order valence-corrected chi connectivity index (χ0v) is 6.81. The highest BCUT2D eigenvalue weighted by atomic mass is 16.5. The molecule has 1 atom stereocenters. The van der Waals surface area contributed by atoms with Gasteiger partial charge in [0.15, 0.2) is 0 Å². The van der Waals surface area contributed by atoms with Gasteiger partial charge in [0.2, 0.25) is 0 Å². The van der Waals surface area contributed by atoms with Gasteiger partial charge in [0.1, 0.15) is 5.78 Å². The number of hydrogen-bond donors (Lipinski definition) is 0. The van der Waals surface area contributed by atoms with Gasteiger partial charge in [0, 0.05) is 0 Å². The quantitative estimate of drug-likeness (QED) is 0.559. The van der Waals surface area contributed by atoms with Gasteiger partial charge in [0.05, 0.1) is 18.3 Å². The fraction of sp³-hybridized carbons (Fsp3) is 0.625. The summed E-state index contributed by atoms with van der Waals surface area (Å²) in [4.78, 5) is 10.7. The van der Waals surface area contributed by atoms with Gasteiger partial charge in [0.25, 0.3) is 0 Å². The fourth-order valence-electron chi connectivity index (χ4n) is 0.537. The van der Waals surface area contributed by atoms with Crippen molar-refractivity contribution in [2.24, 2.45) is 5.92 Å². The molecule has 0 saturated carbocycles. The molecule has 1 unspecified atom stereocenters. The number of Topliss-reactive ketones (excluding diaryl/α,β-unsaturated/α-hetero) is 1. The zero-order chi connectivity index (χ0) is 8.15. The maximum absolute atomic E-state index is 10.7. The van der Waals surface area contributed by atoms with E-state index in [9.17, 15) is 4.79 Å². The van der Waals surface area contributed by atoms with Crippen molar-refractivity contribution in [2.75, 3.05) is 6.61 Å². The van der Waals surface area contributed by atoms with Crippen LogP contribution >= 0.6 is 0 Å². The van der Waals surface area contributed by atoms with Gasteiger partial charge in [-0.2, -0.15) is 0 Å². The Kier molecular flexibility index (Phi) is 3.77. The summed E-state index contributed by atoms with van der Waals surface area (Å²) < 4.78 is 5.05. The Morgan fingerprint density at radius 1 is 1.70 bits per heavy atom. The SMILES string of the molecule is C=C(OCC)C(C)C(C)=O. The first-order valence-electron chi connectivity index (χ1n) is 3.41. The van der Waals surface area contributed by atoms with Crippen LogP contribution in [0.1, 0.15) is 20.8 Å². The summed E-state index contributed by atoms with van der Waals surface area (Å²) >= 11 is 0. The topological polar surface area (TPSA) is 26.3 Å². The zero-order valence-electron chi connectivity index (χ0n) is 6.81. The molecule has 0 aromatic carbocycles. The number of carbonyl (C=O) groups is 1. The number of ketones is 1. The molecule has 0 amide bonds. The third-order valence-electron chi connectivity index (χ3n) is 1.42. The van der Waals surface area contributed by atoms with Gasteiger partial charge >= 0.3 is 0 Å². The lowest BCUT2D eigenvalue weighted by atomic mass is 10.1. The fourth-order valence-corrected chi connectivity index (χ4v) is 0.537. The standard InChI is InChI=1S/C8H14O2/c1-5-10-8(4)6(2)7(3)9/h6H,4-5H2,1-3H3. The molecule has 2 heteroatoms. The van der Waals surface area contributed by atoms with Crippen molar-refractivity contribution in [3.63, 3.8) is 0 Å². The van der Waals surface area contributed by atoms with Gasteiger partial charge in [-0.3, -0.25) is 4.79 Å². The van der Waals surface area contributed by atoms with Gasteiger partial charge in [-0.1, -0.05) is 6.58 Å². The number of hydrogen-bond acceptors (Lipinski definition) is 2. The van der Waals surface area contributed by atoms with Gasteiger partial charge in [-0.15, -0.1) is 0 Å². The Balaban J connectivity index is 3.82. The van der Waals surface area contributed by atoms with Crippen molar-refractivity contribution in [1.82, 2.24) is 0 Å². The molecule has 0 aliphatic carbocycles. The predicted molar refractivity (Wildman–Crippen MR) is 40.6 cm³/mol. The summed E-state index contributed by atoms with van der Waals surface area (Å²) in [7, 11) is 0. The first-order valence-corrected chi connectivity index (χ1v) is 3.41. The van der Waals surface area contributed by atoms with Gasteiger partial charge < -0.3 is 4.74 Å². The lowest BCUT2D eigenvalue weighted by molar-refractivity contribution is -0.120. The van der Waals surface area contributed by atoms with E-state index in [4.69, 9.17) is 4.74 Å². The summed E-state index contributed by atoms with van der Waals surface area (Å²) in [5, 5.41) is 0. The maximum atomic E-state index is 10.7. The van der Waals surface area contributed by atoms with Gasteiger partial charge in [-0.05, 0) is 20.8 Å². The van der Waals surface area contributed by atoms with E-state index >= 15 is 0 Å². The lowest BCUT2D eigenvalue weighted by Gasteiger charge is -2.10. The van der Waals surface area contributed by atoms with Crippen LogP contribution in [0.5, 0.6) is 0 Å².